The zero-order valence-corrected chi connectivity index (χ0v) is 11.3. The van der Waals surface area contributed by atoms with Gasteiger partial charge in [0.15, 0.2) is 5.78 Å². The fourth-order valence-electron chi connectivity index (χ4n) is 1.65. The first-order valence-electron chi connectivity index (χ1n) is 5.92. The smallest absolute Gasteiger partial charge is 0.180 e. The van der Waals surface area contributed by atoms with E-state index in [0.717, 1.165) is 16.9 Å². The topological polar surface area (TPSA) is 38.3 Å². The number of nitrogens with one attached hydrogen (secondary N) is 1. The average Bonchev–Trinajstić information content (AvgIpc) is 2.24. The molecule has 0 atom stereocenters. The van der Waals surface area contributed by atoms with Gasteiger partial charge in [-0.2, -0.15) is 0 Å². The van der Waals surface area contributed by atoms with Gasteiger partial charge in [-0.3, -0.25) is 4.79 Å². The Morgan fingerprint density at radius 2 is 2.00 bits per heavy atom. The summed E-state index contributed by atoms with van der Waals surface area (Å²) in [5.41, 5.74) is 2.85. The van der Waals surface area contributed by atoms with Crippen molar-refractivity contribution >= 4 is 5.78 Å². The molecule has 1 rings (SSSR count). The van der Waals surface area contributed by atoms with Crippen LogP contribution < -0.4 is 10.1 Å². The lowest BCUT2D eigenvalue weighted by atomic mass is 10.0. The van der Waals surface area contributed by atoms with Crippen LogP contribution >= 0.6 is 0 Å². The van der Waals surface area contributed by atoms with Crippen molar-refractivity contribution in [1.29, 1.82) is 0 Å². The van der Waals surface area contributed by atoms with Crippen molar-refractivity contribution in [3.8, 4) is 5.75 Å². The maximum Gasteiger partial charge on any atom is 0.180 e. The summed E-state index contributed by atoms with van der Waals surface area (Å²) in [7, 11) is 1.77. The molecule has 0 amide bonds. The van der Waals surface area contributed by atoms with Gasteiger partial charge >= 0.3 is 0 Å². The molecule has 0 radical (unpaired) electrons. The third-order valence-electron chi connectivity index (χ3n) is 2.67. The van der Waals surface area contributed by atoms with E-state index in [0.29, 0.717) is 12.1 Å². The molecule has 1 aromatic carbocycles. The maximum atomic E-state index is 12.0. The van der Waals surface area contributed by atoms with E-state index < -0.39 is 0 Å². The van der Waals surface area contributed by atoms with Gasteiger partial charge in [0.1, 0.15) is 5.75 Å². The summed E-state index contributed by atoms with van der Waals surface area (Å²) >= 11 is 0. The molecule has 1 N–H and O–H groups in total. The van der Waals surface area contributed by atoms with E-state index in [9.17, 15) is 4.79 Å². The second-order valence-electron chi connectivity index (χ2n) is 4.50. The third kappa shape index (κ3) is 3.30. The largest absolute Gasteiger partial charge is 0.490 e. The molecule has 0 fully saturated rings. The van der Waals surface area contributed by atoms with E-state index in [2.05, 4.69) is 5.32 Å². The standard InChI is InChI=1S/C14H21NO2/c1-9(2)17-14-11(4)10(3)6-7-12(14)13(16)8-15-5/h6-7,9,15H,8H2,1-5H3. The molecule has 0 unspecified atom stereocenters. The number of hydrogen-bond donors (Lipinski definition) is 1. The molecule has 0 aliphatic carbocycles. The second-order valence-corrected chi connectivity index (χ2v) is 4.50. The van der Waals surface area contributed by atoms with Crippen LogP contribution in [0.1, 0.15) is 35.3 Å². The van der Waals surface area contributed by atoms with Crippen LogP contribution in [0.15, 0.2) is 12.1 Å². The van der Waals surface area contributed by atoms with Crippen LogP contribution in [0.4, 0.5) is 0 Å². The minimum atomic E-state index is 0.0613. The number of ether oxygens (including phenoxy) is 1. The Kier molecular flexibility index (Phi) is 4.70. The van der Waals surface area contributed by atoms with Gasteiger partial charge < -0.3 is 10.1 Å². The Hall–Kier alpha value is -1.35. The van der Waals surface area contributed by atoms with Crippen molar-refractivity contribution in [2.45, 2.75) is 33.8 Å². The van der Waals surface area contributed by atoms with E-state index in [4.69, 9.17) is 4.74 Å². The monoisotopic (exact) mass is 235 g/mol. The number of carbonyl (C=O) groups excluding carboxylic acids is 1. The highest BCUT2D eigenvalue weighted by molar-refractivity contribution is 6.00. The van der Waals surface area contributed by atoms with Crippen LogP contribution in [0, 0.1) is 13.8 Å². The minimum Gasteiger partial charge on any atom is -0.490 e. The maximum absolute atomic E-state index is 12.0. The van der Waals surface area contributed by atoms with Crippen molar-refractivity contribution in [3.05, 3.63) is 28.8 Å². The van der Waals surface area contributed by atoms with Gasteiger partial charge in [0, 0.05) is 0 Å². The molecule has 1 aromatic rings. The van der Waals surface area contributed by atoms with Crippen molar-refractivity contribution in [2.24, 2.45) is 0 Å². The van der Waals surface area contributed by atoms with Gasteiger partial charge in [0.25, 0.3) is 0 Å². The molecule has 3 heteroatoms. The van der Waals surface area contributed by atoms with Crippen molar-refractivity contribution in [2.75, 3.05) is 13.6 Å². The molecule has 3 nitrogen and oxygen atoms in total. The summed E-state index contributed by atoms with van der Waals surface area (Å²) in [5.74, 6) is 0.784. The van der Waals surface area contributed by atoms with E-state index in [1.165, 1.54) is 0 Å². The molecule has 0 bridgehead atoms. The van der Waals surface area contributed by atoms with Gasteiger partial charge in [0.2, 0.25) is 0 Å². The summed E-state index contributed by atoms with van der Waals surface area (Å²) < 4.78 is 5.78. The predicted molar refractivity (Wildman–Crippen MR) is 69.9 cm³/mol. The lowest BCUT2D eigenvalue weighted by Gasteiger charge is -2.17. The van der Waals surface area contributed by atoms with Crippen LogP contribution in [0.5, 0.6) is 5.75 Å². The predicted octanol–water partition coefficient (Wildman–Crippen LogP) is 2.49. The van der Waals surface area contributed by atoms with Crippen LogP contribution in [-0.4, -0.2) is 25.5 Å². The molecule has 0 saturated heterocycles. The lowest BCUT2D eigenvalue weighted by molar-refractivity contribution is 0.0987. The third-order valence-corrected chi connectivity index (χ3v) is 2.67. The summed E-state index contributed by atoms with van der Waals surface area (Å²) in [6.45, 7) is 8.28. The zero-order valence-electron chi connectivity index (χ0n) is 11.3. The number of hydrogen-bond acceptors (Lipinski definition) is 3. The number of Topliss-reactive ketones (excluding diaryl/α,β-unsaturated/α-hetero) is 1. The van der Waals surface area contributed by atoms with Crippen LogP contribution in [-0.2, 0) is 0 Å². The minimum absolute atomic E-state index is 0.0613. The van der Waals surface area contributed by atoms with Gasteiger partial charge in [-0.1, -0.05) is 6.07 Å². The van der Waals surface area contributed by atoms with Gasteiger partial charge in [-0.15, -0.1) is 0 Å². The highest BCUT2D eigenvalue weighted by Gasteiger charge is 2.16. The molecule has 94 valence electrons. The molecule has 0 aromatic heterocycles. The molecule has 0 saturated carbocycles. The number of likely N-dealkylation sites (N-methyl/N-ethyl adjacent to an activating group) is 1. The van der Waals surface area contributed by atoms with Gasteiger partial charge in [-0.25, -0.2) is 0 Å². The first kappa shape index (κ1) is 13.7. The number of rotatable bonds is 5. The fourth-order valence-corrected chi connectivity index (χ4v) is 1.65. The SMILES string of the molecule is CNCC(=O)c1ccc(C)c(C)c1OC(C)C. The summed E-state index contributed by atoms with van der Waals surface area (Å²) in [4.78, 5) is 12.0. The molecule has 0 spiro atoms. The van der Waals surface area contributed by atoms with Crippen LogP contribution in [0.2, 0.25) is 0 Å². The molecule has 0 aliphatic heterocycles. The molecule has 17 heavy (non-hydrogen) atoms. The van der Waals surface area contributed by atoms with Gasteiger partial charge in [0.05, 0.1) is 18.2 Å². The molecular weight excluding hydrogens is 214 g/mol. The van der Waals surface area contributed by atoms with Crippen LogP contribution in [0.25, 0.3) is 0 Å². The number of benzene rings is 1. The van der Waals surface area contributed by atoms with Crippen molar-refractivity contribution in [3.63, 3.8) is 0 Å². The first-order valence-corrected chi connectivity index (χ1v) is 5.92. The van der Waals surface area contributed by atoms with Crippen LogP contribution in [0.3, 0.4) is 0 Å². The van der Waals surface area contributed by atoms with Gasteiger partial charge in [-0.05, 0) is 51.9 Å². The first-order chi connectivity index (χ1) is 7.97. The summed E-state index contributed by atoms with van der Waals surface area (Å²) in [6.07, 6.45) is 0.0663. The van der Waals surface area contributed by atoms with E-state index >= 15 is 0 Å². The van der Waals surface area contributed by atoms with E-state index in [1.54, 1.807) is 7.05 Å². The summed E-state index contributed by atoms with van der Waals surface area (Å²) in [6, 6.07) is 3.81. The Labute approximate surface area is 103 Å². The number of aryl methyl sites for hydroxylation is 1. The Morgan fingerprint density at radius 1 is 1.35 bits per heavy atom. The summed E-state index contributed by atoms with van der Waals surface area (Å²) in [5, 5.41) is 2.88. The number of carbonyl (C=O) groups is 1. The highest BCUT2D eigenvalue weighted by atomic mass is 16.5. The van der Waals surface area contributed by atoms with Crippen molar-refractivity contribution in [1.82, 2.24) is 5.32 Å². The second kappa shape index (κ2) is 5.82. The number of ketones is 1. The molecule has 0 heterocycles. The van der Waals surface area contributed by atoms with Crippen molar-refractivity contribution < 1.29 is 9.53 Å². The van der Waals surface area contributed by atoms with E-state index in [-0.39, 0.29) is 11.9 Å². The fraction of sp³-hybridized carbons (Fsp3) is 0.500. The zero-order chi connectivity index (χ0) is 13.0. The Bertz CT molecular complexity index is 411. The quantitative estimate of drug-likeness (QED) is 0.797. The highest BCUT2D eigenvalue weighted by Crippen LogP contribution is 2.27. The van der Waals surface area contributed by atoms with E-state index in [1.807, 2.05) is 39.8 Å². The molecule has 0 aliphatic rings. The Morgan fingerprint density at radius 3 is 2.53 bits per heavy atom. The Balaban J connectivity index is 3.19. The lowest BCUT2D eigenvalue weighted by Crippen LogP contribution is -2.20. The normalized spacial score (nSPS) is 10.7. The average molecular weight is 235 g/mol. The molecular formula is C14H21NO2.